The highest BCUT2D eigenvalue weighted by molar-refractivity contribution is 5.89. The summed E-state index contributed by atoms with van der Waals surface area (Å²) in [6, 6.07) is 9.41. The average molecular weight is 414 g/mol. The van der Waals surface area contributed by atoms with Gasteiger partial charge in [-0.1, -0.05) is 0 Å². The molecule has 1 saturated heterocycles. The van der Waals surface area contributed by atoms with Crippen molar-refractivity contribution in [3.63, 3.8) is 0 Å². The minimum absolute atomic E-state index is 0.0770. The van der Waals surface area contributed by atoms with Crippen LogP contribution in [0.3, 0.4) is 0 Å². The molecular weight excluding hydrogens is 382 g/mol. The number of methoxy groups -OCH3 is 1. The minimum atomic E-state index is -0.0770. The van der Waals surface area contributed by atoms with Crippen molar-refractivity contribution in [1.82, 2.24) is 9.80 Å². The maximum atomic E-state index is 12.9. The maximum absolute atomic E-state index is 12.9. The Hall–Kier alpha value is -2.67. The van der Waals surface area contributed by atoms with Crippen LogP contribution in [0.5, 0.6) is 11.5 Å². The highest BCUT2D eigenvalue weighted by Gasteiger charge is 2.21. The molecule has 30 heavy (non-hydrogen) atoms. The first kappa shape index (κ1) is 20.6. The van der Waals surface area contributed by atoms with Gasteiger partial charge in [-0.2, -0.15) is 0 Å². The van der Waals surface area contributed by atoms with Gasteiger partial charge in [0, 0.05) is 37.9 Å². The van der Waals surface area contributed by atoms with Crippen LogP contribution >= 0.6 is 0 Å². The van der Waals surface area contributed by atoms with Gasteiger partial charge < -0.3 is 24.1 Å². The van der Waals surface area contributed by atoms with Crippen LogP contribution in [0.1, 0.15) is 37.9 Å². The summed E-state index contributed by atoms with van der Waals surface area (Å²) in [6.07, 6.45) is 7.42. The number of urea groups is 1. The maximum Gasteiger partial charge on any atom is 0.321 e. The van der Waals surface area contributed by atoms with Gasteiger partial charge in [-0.3, -0.25) is 4.90 Å². The second-order valence-corrected chi connectivity index (χ2v) is 8.02. The molecule has 0 atom stereocenters. The van der Waals surface area contributed by atoms with E-state index >= 15 is 0 Å². The Morgan fingerprint density at radius 3 is 2.73 bits per heavy atom. The average Bonchev–Trinajstić information content (AvgIpc) is 3.39. The Bertz CT molecular complexity index is 818. The summed E-state index contributed by atoms with van der Waals surface area (Å²) in [7, 11) is 1.64. The van der Waals surface area contributed by atoms with Gasteiger partial charge in [-0.25, -0.2) is 4.79 Å². The number of amides is 2. The smallest absolute Gasteiger partial charge is 0.321 e. The standard InChI is InChI=1S/C23H31N3O4/c1-28-21-10-9-18(16-22(21)30-19-6-2-3-7-19)24-23(27)26-12-5-11-25(13-14-26)17-20-8-4-15-29-20/h4,8-10,15-16,19H,2-3,5-7,11-14,17H2,1H3,(H,24,27). The summed E-state index contributed by atoms with van der Waals surface area (Å²) < 4.78 is 17.0. The fraction of sp³-hybridized carbons (Fsp3) is 0.522. The molecule has 0 radical (unpaired) electrons. The minimum Gasteiger partial charge on any atom is -0.493 e. The van der Waals surface area contributed by atoms with Crippen LogP contribution in [-0.4, -0.2) is 55.2 Å². The molecule has 4 rings (SSSR count). The Morgan fingerprint density at radius 1 is 1.10 bits per heavy atom. The third kappa shape index (κ3) is 5.27. The van der Waals surface area contributed by atoms with Crippen LogP contribution < -0.4 is 14.8 Å². The van der Waals surface area contributed by atoms with Gasteiger partial charge in [-0.05, 0) is 56.4 Å². The van der Waals surface area contributed by atoms with E-state index in [-0.39, 0.29) is 12.1 Å². The van der Waals surface area contributed by atoms with Crippen LogP contribution in [0.15, 0.2) is 41.0 Å². The Labute approximate surface area is 177 Å². The largest absolute Gasteiger partial charge is 0.493 e. The number of nitrogens with zero attached hydrogens (tertiary/aromatic N) is 2. The Morgan fingerprint density at radius 2 is 1.97 bits per heavy atom. The fourth-order valence-electron chi connectivity index (χ4n) is 4.19. The van der Waals surface area contributed by atoms with Gasteiger partial charge in [-0.15, -0.1) is 0 Å². The van der Waals surface area contributed by atoms with E-state index in [1.165, 1.54) is 12.8 Å². The molecule has 0 unspecified atom stereocenters. The number of anilines is 1. The monoisotopic (exact) mass is 413 g/mol. The Balaban J connectivity index is 1.34. The number of hydrogen-bond donors (Lipinski definition) is 1. The quantitative estimate of drug-likeness (QED) is 0.763. The normalized spacial score (nSPS) is 18.2. The lowest BCUT2D eigenvalue weighted by Gasteiger charge is -2.22. The van der Waals surface area contributed by atoms with Gasteiger partial charge >= 0.3 is 6.03 Å². The molecule has 1 aromatic heterocycles. The van der Waals surface area contributed by atoms with E-state index in [0.29, 0.717) is 18.0 Å². The van der Waals surface area contributed by atoms with E-state index in [4.69, 9.17) is 13.9 Å². The molecule has 2 aromatic rings. The van der Waals surface area contributed by atoms with E-state index in [9.17, 15) is 4.79 Å². The van der Waals surface area contributed by atoms with Gasteiger partial charge in [0.2, 0.25) is 0 Å². The first-order chi connectivity index (χ1) is 14.7. The lowest BCUT2D eigenvalue weighted by atomic mass is 10.2. The SMILES string of the molecule is COc1ccc(NC(=O)N2CCCN(Cc3ccco3)CC2)cc1OC1CCCC1. The van der Waals surface area contributed by atoms with E-state index in [0.717, 1.165) is 56.9 Å². The van der Waals surface area contributed by atoms with Gasteiger partial charge in [0.25, 0.3) is 0 Å². The molecule has 1 aliphatic heterocycles. The Kier molecular flexibility index (Phi) is 6.79. The summed E-state index contributed by atoms with van der Waals surface area (Å²) in [5.74, 6) is 2.35. The number of carbonyl (C=O) groups is 1. The van der Waals surface area contributed by atoms with Crippen molar-refractivity contribution in [2.24, 2.45) is 0 Å². The zero-order valence-electron chi connectivity index (χ0n) is 17.6. The van der Waals surface area contributed by atoms with Crippen molar-refractivity contribution in [1.29, 1.82) is 0 Å². The summed E-state index contributed by atoms with van der Waals surface area (Å²) in [5.41, 5.74) is 0.727. The molecule has 2 aliphatic rings. The zero-order chi connectivity index (χ0) is 20.8. The number of carbonyl (C=O) groups excluding carboxylic acids is 1. The predicted octanol–water partition coefficient (Wildman–Crippen LogP) is 4.35. The molecule has 2 fully saturated rings. The molecule has 0 bridgehead atoms. The van der Waals surface area contributed by atoms with E-state index < -0.39 is 0 Å². The highest BCUT2D eigenvalue weighted by atomic mass is 16.5. The first-order valence-corrected chi connectivity index (χ1v) is 10.9. The van der Waals surface area contributed by atoms with Crippen LogP contribution in [0.4, 0.5) is 10.5 Å². The molecule has 2 heterocycles. The lowest BCUT2D eigenvalue weighted by Crippen LogP contribution is -2.38. The topological polar surface area (TPSA) is 67.2 Å². The number of benzene rings is 1. The van der Waals surface area contributed by atoms with Crippen LogP contribution in [0.25, 0.3) is 0 Å². The van der Waals surface area contributed by atoms with Crippen LogP contribution in [0.2, 0.25) is 0 Å². The van der Waals surface area contributed by atoms with Crippen molar-refractivity contribution < 1.29 is 18.7 Å². The first-order valence-electron chi connectivity index (χ1n) is 10.9. The predicted molar refractivity (Wildman–Crippen MR) is 115 cm³/mol. The van der Waals surface area contributed by atoms with Crippen molar-refractivity contribution in [3.05, 3.63) is 42.4 Å². The molecule has 7 nitrogen and oxygen atoms in total. The number of hydrogen-bond acceptors (Lipinski definition) is 5. The summed E-state index contributed by atoms with van der Waals surface area (Å²) in [5, 5.41) is 3.03. The molecule has 1 saturated carbocycles. The van der Waals surface area contributed by atoms with Gasteiger partial charge in [0.1, 0.15) is 5.76 Å². The van der Waals surface area contributed by atoms with E-state index in [2.05, 4.69) is 10.2 Å². The zero-order valence-corrected chi connectivity index (χ0v) is 17.6. The van der Waals surface area contributed by atoms with E-state index in [1.54, 1.807) is 13.4 Å². The molecular formula is C23H31N3O4. The van der Waals surface area contributed by atoms with E-state index in [1.807, 2.05) is 35.2 Å². The van der Waals surface area contributed by atoms with Crippen LogP contribution in [-0.2, 0) is 6.54 Å². The third-order valence-corrected chi connectivity index (χ3v) is 5.85. The molecule has 1 N–H and O–H groups in total. The number of ether oxygens (including phenoxy) is 2. The molecule has 162 valence electrons. The van der Waals surface area contributed by atoms with Crippen LogP contribution in [0, 0.1) is 0 Å². The molecule has 1 aliphatic carbocycles. The summed E-state index contributed by atoms with van der Waals surface area (Å²) in [6.45, 7) is 3.98. The van der Waals surface area contributed by atoms with Crippen molar-refractivity contribution in [2.75, 3.05) is 38.6 Å². The van der Waals surface area contributed by atoms with Gasteiger partial charge in [0.05, 0.1) is 26.0 Å². The second kappa shape index (κ2) is 9.89. The number of furan rings is 1. The molecule has 2 amide bonds. The fourth-order valence-corrected chi connectivity index (χ4v) is 4.19. The van der Waals surface area contributed by atoms with Gasteiger partial charge in [0.15, 0.2) is 11.5 Å². The van der Waals surface area contributed by atoms with Crippen molar-refractivity contribution in [3.8, 4) is 11.5 Å². The molecule has 7 heteroatoms. The lowest BCUT2D eigenvalue weighted by molar-refractivity contribution is 0.201. The van der Waals surface area contributed by atoms with Crippen molar-refractivity contribution >= 4 is 11.7 Å². The second-order valence-electron chi connectivity index (χ2n) is 8.02. The molecule has 0 spiro atoms. The highest BCUT2D eigenvalue weighted by Crippen LogP contribution is 2.34. The number of rotatable bonds is 6. The summed E-state index contributed by atoms with van der Waals surface area (Å²) in [4.78, 5) is 17.1. The van der Waals surface area contributed by atoms with Crippen molar-refractivity contribution in [2.45, 2.75) is 44.8 Å². The summed E-state index contributed by atoms with van der Waals surface area (Å²) >= 11 is 0. The third-order valence-electron chi connectivity index (χ3n) is 5.85. The molecule has 1 aromatic carbocycles. The number of nitrogens with one attached hydrogen (secondary N) is 1.